The molecule has 2 aliphatic rings. The summed E-state index contributed by atoms with van der Waals surface area (Å²) >= 11 is 0. The minimum absolute atomic E-state index is 0. The van der Waals surface area contributed by atoms with E-state index in [9.17, 15) is 4.79 Å². The van der Waals surface area contributed by atoms with Crippen molar-refractivity contribution >= 4 is 41.7 Å². The van der Waals surface area contributed by atoms with Crippen molar-refractivity contribution in [1.82, 2.24) is 15.5 Å². The van der Waals surface area contributed by atoms with E-state index in [2.05, 4.69) is 45.8 Å². The number of hydrogen-bond acceptors (Lipinski definition) is 4. The summed E-state index contributed by atoms with van der Waals surface area (Å²) in [6, 6.07) is 7.04. The van der Waals surface area contributed by atoms with Gasteiger partial charge in [-0.05, 0) is 49.8 Å². The average molecular weight is 515 g/mol. The molecule has 0 saturated carbocycles. The van der Waals surface area contributed by atoms with Gasteiger partial charge in [0, 0.05) is 52.0 Å². The third-order valence-corrected chi connectivity index (χ3v) is 5.54. The summed E-state index contributed by atoms with van der Waals surface area (Å²) in [6.45, 7) is 5.57. The second kappa shape index (κ2) is 11.5. The van der Waals surface area contributed by atoms with Crippen LogP contribution in [-0.2, 0) is 17.7 Å². The molecule has 8 heteroatoms. The predicted octanol–water partition coefficient (Wildman–Crippen LogP) is 2.97. The molecule has 29 heavy (non-hydrogen) atoms. The number of likely N-dealkylation sites (tertiary alicyclic amines) is 1. The minimum Gasteiger partial charge on any atom is -0.450 e. The second-order valence-electron chi connectivity index (χ2n) is 7.52. The monoisotopic (exact) mass is 515 g/mol. The van der Waals surface area contributed by atoms with Gasteiger partial charge in [0.2, 0.25) is 0 Å². The van der Waals surface area contributed by atoms with Crippen LogP contribution in [0.15, 0.2) is 23.2 Å². The Kier molecular flexibility index (Phi) is 9.32. The maximum atomic E-state index is 11.8. The Hall–Kier alpha value is -1.71. The normalized spacial score (nSPS) is 17.3. The number of halogens is 1. The maximum Gasteiger partial charge on any atom is 0.409 e. The highest BCUT2D eigenvalue weighted by atomic mass is 127. The zero-order valence-electron chi connectivity index (χ0n) is 17.7. The molecular weight excluding hydrogens is 481 g/mol. The van der Waals surface area contributed by atoms with E-state index < -0.39 is 0 Å². The summed E-state index contributed by atoms with van der Waals surface area (Å²) in [5.41, 5.74) is 4.06. The molecule has 1 aromatic rings. The van der Waals surface area contributed by atoms with E-state index in [1.165, 1.54) is 23.2 Å². The number of nitrogens with one attached hydrogen (secondary N) is 2. The molecule has 1 aromatic carbocycles. The fraction of sp³-hybridized carbons (Fsp3) is 0.619. The number of anilines is 1. The first kappa shape index (κ1) is 23.6. The number of hydrogen-bond donors (Lipinski definition) is 2. The first-order chi connectivity index (χ1) is 13.6. The lowest BCUT2D eigenvalue weighted by atomic mass is 9.99. The van der Waals surface area contributed by atoms with Crippen molar-refractivity contribution in [1.29, 1.82) is 0 Å². The van der Waals surface area contributed by atoms with Gasteiger partial charge in [0.25, 0.3) is 0 Å². The highest BCUT2D eigenvalue weighted by molar-refractivity contribution is 14.0. The number of benzene rings is 1. The lowest BCUT2D eigenvalue weighted by Gasteiger charge is -2.32. The van der Waals surface area contributed by atoms with E-state index in [-0.39, 0.29) is 30.1 Å². The van der Waals surface area contributed by atoms with Crippen molar-refractivity contribution in [2.75, 3.05) is 45.2 Å². The zero-order chi connectivity index (χ0) is 19.9. The Morgan fingerprint density at radius 2 is 2.03 bits per heavy atom. The molecule has 2 heterocycles. The van der Waals surface area contributed by atoms with Gasteiger partial charge in [-0.25, -0.2) is 4.79 Å². The van der Waals surface area contributed by atoms with Gasteiger partial charge >= 0.3 is 6.09 Å². The van der Waals surface area contributed by atoms with Crippen LogP contribution in [0.2, 0.25) is 0 Å². The average Bonchev–Trinajstić information content (AvgIpc) is 2.72. The van der Waals surface area contributed by atoms with Gasteiger partial charge < -0.3 is 25.2 Å². The topological polar surface area (TPSA) is 69.2 Å². The van der Waals surface area contributed by atoms with Crippen LogP contribution in [0.1, 0.15) is 37.3 Å². The maximum absolute atomic E-state index is 11.8. The molecular formula is C21H34IN5O2. The number of piperidine rings is 1. The van der Waals surface area contributed by atoms with Crippen molar-refractivity contribution in [3.05, 3.63) is 29.3 Å². The molecule has 0 radical (unpaired) electrons. The molecule has 1 fully saturated rings. The number of ether oxygens (including phenoxy) is 1. The molecule has 1 amide bonds. The molecule has 0 bridgehead atoms. The molecule has 7 nitrogen and oxygen atoms in total. The number of guanidine groups is 1. The Morgan fingerprint density at radius 1 is 1.28 bits per heavy atom. The Balaban J connectivity index is 0.00000300. The molecule has 162 valence electrons. The van der Waals surface area contributed by atoms with Crippen molar-refractivity contribution in [2.24, 2.45) is 4.99 Å². The highest BCUT2D eigenvalue weighted by Crippen LogP contribution is 2.26. The van der Waals surface area contributed by atoms with Gasteiger partial charge in [-0.1, -0.05) is 12.1 Å². The number of aryl methyl sites for hydroxylation is 1. The minimum atomic E-state index is -0.207. The molecule has 2 aliphatic heterocycles. The fourth-order valence-corrected chi connectivity index (χ4v) is 3.94. The number of rotatable bonds is 4. The number of carbonyl (C=O) groups is 1. The summed E-state index contributed by atoms with van der Waals surface area (Å²) in [4.78, 5) is 20.3. The molecule has 1 saturated heterocycles. The first-order valence-corrected chi connectivity index (χ1v) is 10.3. The summed E-state index contributed by atoms with van der Waals surface area (Å²) < 4.78 is 5.08. The number of amides is 1. The zero-order valence-corrected chi connectivity index (χ0v) is 20.1. The van der Waals surface area contributed by atoms with Gasteiger partial charge in [0.15, 0.2) is 5.96 Å². The summed E-state index contributed by atoms with van der Waals surface area (Å²) in [7, 11) is 3.96. The summed E-state index contributed by atoms with van der Waals surface area (Å²) in [5, 5.41) is 6.91. The standard InChI is InChI=1S/C21H33N5O2.HI/c1-4-28-21(27)26-12-9-18(10-13-26)24-20(22-2)23-15-16-7-8-19-17(14-16)6-5-11-25(19)3;/h7-8,14,18H,4-6,9-13,15H2,1-3H3,(H2,22,23,24);1H. The van der Waals surface area contributed by atoms with Crippen LogP contribution in [0.4, 0.5) is 10.5 Å². The quantitative estimate of drug-likeness (QED) is 0.367. The second-order valence-corrected chi connectivity index (χ2v) is 7.52. The first-order valence-electron chi connectivity index (χ1n) is 10.3. The molecule has 0 unspecified atom stereocenters. The van der Waals surface area contributed by atoms with Crippen LogP contribution in [0, 0.1) is 0 Å². The van der Waals surface area contributed by atoms with Crippen molar-refractivity contribution in [3.8, 4) is 0 Å². The lowest BCUT2D eigenvalue weighted by Crippen LogP contribution is -2.49. The Morgan fingerprint density at radius 3 is 2.72 bits per heavy atom. The molecule has 0 spiro atoms. The van der Waals surface area contributed by atoms with Crippen molar-refractivity contribution in [3.63, 3.8) is 0 Å². The highest BCUT2D eigenvalue weighted by Gasteiger charge is 2.24. The Labute approximate surface area is 191 Å². The third kappa shape index (κ3) is 6.38. The van der Waals surface area contributed by atoms with E-state index in [4.69, 9.17) is 4.74 Å². The van der Waals surface area contributed by atoms with Crippen LogP contribution in [0.3, 0.4) is 0 Å². The molecule has 3 rings (SSSR count). The van der Waals surface area contributed by atoms with Gasteiger partial charge in [0.1, 0.15) is 0 Å². The largest absolute Gasteiger partial charge is 0.450 e. The van der Waals surface area contributed by atoms with Crippen LogP contribution in [0.5, 0.6) is 0 Å². The number of aliphatic imine (C=N–C) groups is 1. The van der Waals surface area contributed by atoms with Crippen molar-refractivity contribution < 1.29 is 9.53 Å². The molecule has 0 aromatic heterocycles. The van der Waals surface area contributed by atoms with Gasteiger partial charge in [-0.3, -0.25) is 4.99 Å². The predicted molar refractivity (Wildman–Crippen MR) is 128 cm³/mol. The van der Waals surface area contributed by atoms with E-state index in [1.807, 2.05) is 6.92 Å². The molecule has 0 aliphatic carbocycles. The Bertz CT molecular complexity index is 704. The van der Waals surface area contributed by atoms with E-state index in [0.29, 0.717) is 25.7 Å². The number of carbonyl (C=O) groups excluding carboxylic acids is 1. The van der Waals surface area contributed by atoms with Gasteiger partial charge in [0.05, 0.1) is 6.61 Å². The smallest absolute Gasteiger partial charge is 0.409 e. The summed E-state index contributed by atoms with van der Waals surface area (Å²) in [6.07, 6.45) is 3.95. The van der Waals surface area contributed by atoms with Crippen molar-refractivity contribution in [2.45, 2.75) is 45.2 Å². The van der Waals surface area contributed by atoms with Crippen LogP contribution in [-0.4, -0.2) is 63.3 Å². The third-order valence-electron chi connectivity index (χ3n) is 5.54. The SMILES string of the molecule is CCOC(=O)N1CCC(NC(=NC)NCc2ccc3c(c2)CCCN3C)CC1.I. The molecule has 0 atom stereocenters. The molecule has 2 N–H and O–H groups in total. The van der Waals surface area contributed by atoms with Gasteiger partial charge in [-0.15, -0.1) is 24.0 Å². The summed E-state index contributed by atoms with van der Waals surface area (Å²) in [5.74, 6) is 0.810. The van der Waals surface area contributed by atoms with Crippen LogP contribution in [0.25, 0.3) is 0 Å². The van der Waals surface area contributed by atoms with E-state index >= 15 is 0 Å². The van der Waals surface area contributed by atoms with Crippen LogP contribution < -0.4 is 15.5 Å². The van der Waals surface area contributed by atoms with E-state index in [0.717, 1.165) is 38.3 Å². The van der Waals surface area contributed by atoms with Gasteiger partial charge in [-0.2, -0.15) is 0 Å². The van der Waals surface area contributed by atoms with E-state index in [1.54, 1.807) is 11.9 Å². The lowest BCUT2D eigenvalue weighted by molar-refractivity contribution is 0.0963. The fourth-order valence-electron chi connectivity index (χ4n) is 3.94. The number of nitrogens with zero attached hydrogens (tertiary/aromatic N) is 3. The van der Waals surface area contributed by atoms with Crippen LogP contribution >= 0.6 is 24.0 Å². The number of fused-ring (bicyclic) bond motifs is 1.